The molecule has 134 valence electrons. The molecule has 0 heterocycles. The third-order valence-corrected chi connectivity index (χ3v) is 3.43. The molecule has 5 nitrogen and oxygen atoms in total. The van der Waals surface area contributed by atoms with Crippen molar-refractivity contribution >= 4 is 11.9 Å². The van der Waals surface area contributed by atoms with Gasteiger partial charge >= 0.3 is 5.97 Å². The molecule has 1 rings (SSSR count). The molecular formula is C19H29NO4. The summed E-state index contributed by atoms with van der Waals surface area (Å²) in [4.78, 5) is 26.8. The summed E-state index contributed by atoms with van der Waals surface area (Å²) in [5.41, 5.74) is -0.249. The van der Waals surface area contributed by atoms with E-state index in [0.717, 1.165) is 5.56 Å². The number of nitrogens with zero attached hydrogens (tertiary/aromatic N) is 1. The van der Waals surface area contributed by atoms with E-state index in [9.17, 15) is 14.7 Å². The fourth-order valence-electron chi connectivity index (χ4n) is 2.23. The average Bonchev–Trinajstić information content (AvgIpc) is 2.43. The van der Waals surface area contributed by atoms with Crippen LogP contribution in [0, 0.1) is 5.92 Å². The van der Waals surface area contributed by atoms with Crippen molar-refractivity contribution in [3.8, 4) is 0 Å². The Bertz CT molecular complexity index is 555. The minimum atomic E-state index is -1.22. The van der Waals surface area contributed by atoms with Crippen LogP contribution >= 0.6 is 0 Å². The second-order valence-electron chi connectivity index (χ2n) is 7.85. The van der Waals surface area contributed by atoms with Crippen LogP contribution in [0.5, 0.6) is 0 Å². The van der Waals surface area contributed by atoms with Gasteiger partial charge in [-0.3, -0.25) is 9.59 Å². The van der Waals surface area contributed by atoms with Crippen molar-refractivity contribution in [2.75, 3.05) is 6.61 Å². The molecule has 0 aliphatic rings. The molecule has 1 N–H and O–H groups in total. The van der Waals surface area contributed by atoms with Crippen LogP contribution in [-0.4, -0.2) is 39.6 Å². The summed E-state index contributed by atoms with van der Waals surface area (Å²) in [6, 6.07) is 9.56. The summed E-state index contributed by atoms with van der Waals surface area (Å²) in [6.07, 6.45) is 0. The summed E-state index contributed by atoms with van der Waals surface area (Å²) in [6.45, 7) is 10.7. The Balaban J connectivity index is 3.03. The first-order valence-corrected chi connectivity index (χ1v) is 8.15. The van der Waals surface area contributed by atoms with E-state index < -0.39 is 35.5 Å². The predicted molar refractivity (Wildman–Crippen MR) is 93.2 cm³/mol. The van der Waals surface area contributed by atoms with Crippen molar-refractivity contribution in [2.24, 2.45) is 5.92 Å². The Morgan fingerprint density at radius 3 is 2.04 bits per heavy atom. The molecule has 1 amide bonds. The molecule has 0 spiro atoms. The lowest BCUT2D eigenvalue weighted by atomic mass is 10.00. The SMILES string of the molecule is CC(C)(C)OC(=O)[C@H](CO)C(=O)N(Cc1ccccc1)C(C)(C)C. The first-order chi connectivity index (χ1) is 11.0. The number of ether oxygens (including phenoxy) is 1. The van der Waals surface area contributed by atoms with Gasteiger partial charge in [-0.05, 0) is 47.1 Å². The highest BCUT2D eigenvalue weighted by Crippen LogP contribution is 2.22. The molecule has 24 heavy (non-hydrogen) atoms. The van der Waals surface area contributed by atoms with Crippen LogP contribution in [0.2, 0.25) is 0 Å². The summed E-state index contributed by atoms with van der Waals surface area (Å²) in [7, 11) is 0. The van der Waals surface area contributed by atoms with Crippen molar-refractivity contribution in [3.05, 3.63) is 35.9 Å². The molecular weight excluding hydrogens is 306 g/mol. The highest BCUT2D eigenvalue weighted by atomic mass is 16.6. The van der Waals surface area contributed by atoms with Gasteiger partial charge in [-0.15, -0.1) is 0 Å². The van der Waals surface area contributed by atoms with E-state index in [1.54, 1.807) is 25.7 Å². The smallest absolute Gasteiger partial charge is 0.321 e. The van der Waals surface area contributed by atoms with E-state index in [-0.39, 0.29) is 0 Å². The van der Waals surface area contributed by atoms with Crippen LogP contribution in [0.4, 0.5) is 0 Å². The molecule has 1 atom stereocenters. The zero-order valence-corrected chi connectivity index (χ0v) is 15.5. The van der Waals surface area contributed by atoms with Crippen LogP contribution in [0.3, 0.4) is 0 Å². The summed E-state index contributed by atoms with van der Waals surface area (Å²) in [5.74, 6) is -2.34. The van der Waals surface area contributed by atoms with Gasteiger partial charge < -0.3 is 14.7 Å². The Morgan fingerprint density at radius 2 is 1.62 bits per heavy atom. The fourth-order valence-corrected chi connectivity index (χ4v) is 2.23. The minimum absolute atomic E-state index is 0.364. The Hall–Kier alpha value is -1.88. The van der Waals surface area contributed by atoms with Gasteiger partial charge in [0.15, 0.2) is 5.92 Å². The van der Waals surface area contributed by atoms with Crippen LogP contribution in [0.1, 0.15) is 47.1 Å². The van der Waals surface area contributed by atoms with Gasteiger partial charge in [0.2, 0.25) is 5.91 Å². The molecule has 0 saturated carbocycles. The normalized spacial score (nSPS) is 13.3. The number of hydrogen-bond donors (Lipinski definition) is 1. The topological polar surface area (TPSA) is 66.8 Å². The van der Waals surface area contributed by atoms with Gasteiger partial charge in [-0.25, -0.2) is 0 Å². The largest absolute Gasteiger partial charge is 0.459 e. The highest BCUT2D eigenvalue weighted by molar-refractivity contribution is 5.98. The van der Waals surface area contributed by atoms with E-state index in [1.165, 1.54) is 0 Å². The van der Waals surface area contributed by atoms with Crippen LogP contribution in [0.15, 0.2) is 30.3 Å². The lowest BCUT2D eigenvalue weighted by Gasteiger charge is -2.37. The molecule has 1 aromatic carbocycles. The third-order valence-electron chi connectivity index (χ3n) is 3.43. The average molecular weight is 335 g/mol. The maximum atomic E-state index is 12.9. The van der Waals surface area contributed by atoms with E-state index in [0.29, 0.717) is 6.54 Å². The molecule has 0 radical (unpaired) electrons. The molecule has 0 fully saturated rings. The lowest BCUT2D eigenvalue weighted by Crippen LogP contribution is -2.50. The lowest BCUT2D eigenvalue weighted by molar-refractivity contribution is -0.168. The van der Waals surface area contributed by atoms with Crippen molar-refractivity contribution in [2.45, 2.75) is 59.2 Å². The second-order valence-corrected chi connectivity index (χ2v) is 7.85. The molecule has 0 unspecified atom stereocenters. The zero-order chi connectivity index (χ0) is 18.5. The number of aliphatic hydroxyl groups excluding tert-OH is 1. The number of rotatable bonds is 5. The molecule has 0 bridgehead atoms. The molecule has 1 aromatic rings. The second kappa shape index (κ2) is 7.79. The van der Waals surface area contributed by atoms with Crippen molar-refractivity contribution in [1.29, 1.82) is 0 Å². The van der Waals surface area contributed by atoms with Crippen molar-refractivity contribution < 1.29 is 19.4 Å². The van der Waals surface area contributed by atoms with E-state index >= 15 is 0 Å². The van der Waals surface area contributed by atoms with Gasteiger partial charge in [0.1, 0.15) is 5.60 Å². The Morgan fingerprint density at radius 1 is 1.08 bits per heavy atom. The Kier molecular flexibility index (Phi) is 6.55. The molecule has 5 heteroatoms. The zero-order valence-electron chi connectivity index (χ0n) is 15.5. The summed E-state index contributed by atoms with van der Waals surface area (Å²) >= 11 is 0. The molecule has 0 saturated heterocycles. The van der Waals surface area contributed by atoms with Crippen LogP contribution in [0.25, 0.3) is 0 Å². The molecule has 0 aliphatic carbocycles. The maximum Gasteiger partial charge on any atom is 0.321 e. The van der Waals surface area contributed by atoms with Gasteiger partial charge in [0.05, 0.1) is 6.61 Å². The minimum Gasteiger partial charge on any atom is -0.459 e. The number of carbonyl (C=O) groups excluding carboxylic acids is 2. The monoisotopic (exact) mass is 335 g/mol. The Labute approximate surface area is 144 Å². The quantitative estimate of drug-likeness (QED) is 0.664. The van der Waals surface area contributed by atoms with Gasteiger partial charge in [0.25, 0.3) is 0 Å². The number of amides is 1. The first kappa shape index (κ1) is 20.2. The van der Waals surface area contributed by atoms with E-state index in [1.807, 2.05) is 51.1 Å². The number of carbonyl (C=O) groups is 2. The standard InChI is InChI=1S/C19H29NO4/c1-18(2,3)20(12-14-10-8-7-9-11-14)16(22)15(13-21)17(23)24-19(4,5)6/h7-11,15,21H,12-13H2,1-6H3/t15-/m1/s1. The highest BCUT2D eigenvalue weighted by Gasteiger charge is 2.37. The fraction of sp³-hybridized carbons (Fsp3) is 0.579. The molecule has 0 aromatic heterocycles. The van der Waals surface area contributed by atoms with Crippen LogP contribution < -0.4 is 0 Å². The third kappa shape index (κ3) is 5.96. The van der Waals surface area contributed by atoms with Gasteiger partial charge in [0, 0.05) is 12.1 Å². The number of hydrogen-bond acceptors (Lipinski definition) is 4. The number of esters is 1. The van der Waals surface area contributed by atoms with Crippen molar-refractivity contribution in [3.63, 3.8) is 0 Å². The van der Waals surface area contributed by atoms with Gasteiger partial charge in [-0.2, -0.15) is 0 Å². The predicted octanol–water partition coefficient (Wildman–Crippen LogP) is 2.76. The van der Waals surface area contributed by atoms with E-state index in [4.69, 9.17) is 4.74 Å². The van der Waals surface area contributed by atoms with Crippen molar-refractivity contribution in [1.82, 2.24) is 4.90 Å². The van der Waals surface area contributed by atoms with Crippen LogP contribution in [-0.2, 0) is 20.9 Å². The molecule has 0 aliphatic heterocycles. The van der Waals surface area contributed by atoms with E-state index in [2.05, 4.69) is 0 Å². The summed E-state index contributed by atoms with van der Waals surface area (Å²) < 4.78 is 5.28. The maximum absolute atomic E-state index is 12.9. The van der Waals surface area contributed by atoms with Gasteiger partial charge in [-0.1, -0.05) is 30.3 Å². The summed E-state index contributed by atoms with van der Waals surface area (Å²) in [5, 5.41) is 9.60. The first-order valence-electron chi connectivity index (χ1n) is 8.15. The number of aliphatic hydroxyl groups is 1. The number of benzene rings is 1.